The van der Waals surface area contributed by atoms with E-state index in [0.29, 0.717) is 32.8 Å². The lowest BCUT2D eigenvalue weighted by atomic mass is 10.2. The van der Waals surface area contributed by atoms with Gasteiger partial charge in [-0.2, -0.15) is 0 Å². The Morgan fingerprint density at radius 3 is 3.00 bits per heavy atom. The Balaban J connectivity index is 1.62. The first-order valence-corrected chi connectivity index (χ1v) is 8.65. The molecule has 0 radical (unpaired) electrons. The lowest BCUT2D eigenvalue weighted by Crippen LogP contribution is -2.44. The minimum atomic E-state index is -0.0531. The number of para-hydroxylation sites is 2. The highest BCUT2D eigenvalue weighted by atomic mass is 16.5. The van der Waals surface area contributed by atoms with E-state index < -0.39 is 0 Å². The van der Waals surface area contributed by atoms with E-state index in [1.165, 1.54) is 0 Å². The van der Waals surface area contributed by atoms with Crippen molar-refractivity contribution in [3.8, 4) is 0 Å². The fourth-order valence-electron chi connectivity index (χ4n) is 3.18. The zero-order chi connectivity index (χ0) is 16.9. The van der Waals surface area contributed by atoms with E-state index in [1.54, 1.807) is 0 Å². The molecule has 1 amide bonds. The second-order valence-corrected chi connectivity index (χ2v) is 5.98. The Kier molecular flexibility index (Phi) is 5.48. The van der Waals surface area contributed by atoms with Crippen LogP contribution in [0.4, 0.5) is 0 Å². The van der Waals surface area contributed by atoms with Crippen LogP contribution in [0.5, 0.6) is 0 Å². The van der Waals surface area contributed by atoms with Crippen molar-refractivity contribution in [2.24, 2.45) is 0 Å². The molecule has 3 rings (SSSR count). The molecule has 1 aromatic carbocycles. The quantitative estimate of drug-likeness (QED) is 0.842. The minimum Gasteiger partial charge on any atom is -0.376 e. The van der Waals surface area contributed by atoms with Gasteiger partial charge in [0, 0.05) is 26.0 Å². The van der Waals surface area contributed by atoms with Crippen LogP contribution >= 0.6 is 0 Å². The van der Waals surface area contributed by atoms with E-state index in [-0.39, 0.29) is 18.1 Å². The Bertz CT molecular complexity index is 698. The topological polar surface area (TPSA) is 65.4 Å². The first kappa shape index (κ1) is 16.9. The first-order valence-electron chi connectivity index (χ1n) is 8.65. The second kappa shape index (κ2) is 7.77. The molecule has 2 heterocycles. The monoisotopic (exact) mass is 331 g/mol. The SMILES string of the molecule is CCO[C@H]1COC[C@@H]1NC(=O)CCn1c(CC)nc2ccccc21. The molecule has 1 saturated heterocycles. The molecule has 0 unspecified atom stereocenters. The summed E-state index contributed by atoms with van der Waals surface area (Å²) in [7, 11) is 0. The van der Waals surface area contributed by atoms with Gasteiger partial charge in [0.15, 0.2) is 0 Å². The highest BCUT2D eigenvalue weighted by Crippen LogP contribution is 2.17. The summed E-state index contributed by atoms with van der Waals surface area (Å²) in [4.78, 5) is 17.0. The summed E-state index contributed by atoms with van der Waals surface area (Å²) in [6, 6.07) is 7.99. The smallest absolute Gasteiger partial charge is 0.222 e. The molecule has 1 aliphatic heterocycles. The second-order valence-electron chi connectivity index (χ2n) is 5.98. The zero-order valence-electron chi connectivity index (χ0n) is 14.3. The normalized spacial score (nSPS) is 20.6. The van der Waals surface area contributed by atoms with Crippen LogP contribution in [-0.2, 0) is 27.2 Å². The van der Waals surface area contributed by atoms with E-state index in [0.717, 1.165) is 23.3 Å². The fraction of sp³-hybridized carbons (Fsp3) is 0.556. The van der Waals surface area contributed by atoms with Crippen molar-refractivity contribution in [1.82, 2.24) is 14.9 Å². The highest BCUT2D eigenvalue weighted by Gasteiger charge is 2.29. The van der Waals surface area contributed by atoms with Crippen LogP contribution < -0.4 is 5.32 Å². The van der Waals surface area contributed by atoms with Crippen molar-refractivity contribution in [3.05, 3.63) is 30.1 Å². The number of nitrogens with zero attached hydrogens (tertiary/aromatic N) is 2. The average Bonchev–Trinajstić information content (AvgIpc) is 3.17. The molecule has 0 aliphatic carbocycles. The van der Waals surface area contributed by atoms with Gasteiger partial charge in [-0.05, 0) is 19.1 Å². The Hall–Kier alpha value is -1.92. The van der Waals surface area contributed by atoms with Crippen molar-refractivity contribution >= 4 is 16.9 Å². The van der Waals surface area contributed by atoms with Crippen molar-refractivity contribution < 1.29 is 14.3 Å². The maximum Gasteiger partial charge on any atom is 0.222 e. The molecule has 1 aliphatic rings. The van der Waals surface area contributed by atoms with Crippen LogP contribution in [0.15, 0.2) is 24.3 Å². The number of imidazole rings is 1. The summed E-state index contributed by atoms with van der Waals surface area (Å²) in [6.07, 6.45) is 1.22. The zero-order valence-corrected chi connectivity index (χ0v) is 14.3. The van der Waals surface area contributed by atoms with Crippen LogP contribution in [0.2, 0.25) is 0 Å². The molecule has 0 bridgehead atoms. The first-order chi connectivity index (χ1) is 11.7. The number of hydrogen-bond acceptors (Lipinski definition) is 4. The van der Waals surface area contributed by atoms with Gasteiger partial charge in [-0.1, -0.05) is 19.1 Å². The molecule has 1 fully saturated rings. The number of ether oxygens (including phenoxy) is 2. The van der Waals surface area contributed by atoms with Gasteiger partial charge in [0.2, 0.25) is 5.91 Å². The number of aromatic nitrogens is 2. The molecule has 1 aromatic heterocycles. The van der Waals surface area contributed by atoms with Crippen LogP contribution in [-0.4, -0.2) is 47.4 Å². The summed E-state index contributed by atoms with van der Waals surface area (Å²) in [6.45, 7) is 6.35. The lowest BCUT2D eigenvalue weighted by Gasteiger charge is -2.19. The number of nitrogens with one attached hydrogen (secondary N) is 1. The van der Waals surface area contributed by atoms with Crippen LogP contribution in [0, 0.1) is 0 Å². The maximum absolute atomic E-state index is 12.3. The molecular weight excluding hydrogens is 306 g/mol. The van der Waals surface area contributed by atoms with Gasteiger partial charge in [0.25, 0.3) is 0 Å². The molecular formula is C18H25N3O3. The van der Waals surface area contributed by atoms with Gasteiger partial charge < -0.3 is 19.4 Å². The molecule has 0 spiro atoms. The molecule has 6 heteroatoms. The number of amides is 1. The van der Waals surface area contributed by atoms with Crippen molar-refractivity contribution in [3.63, 3.8) is 0 Å². The summed E-state index contributed by atoms with van der Waals surface area (Å²) in [5, 5.41) is 3.04. The van der Waals surface area contributed by atoms with Crippen molar-refractivity contribution in [1.29, 1.82) is 0 Å². The average molecular weight is 331 g/mol. The molecule has 1 N–H and O–H groups in total. The third-order valence-electron chi connectivity index (χ3n) is 4.37. The number of benzene rings is 1. The van der Waals surface area contributed by atoms with E-state index in [4.69, 9.17) is 9.47 Å². The van der Waals surface area contributed by atoms with E-state index in [1.807, 2.05) is 25.1 Å². The molecule has 2 aromatic rings. The minimum absolute atomic E-state index is 0.0232. The number of carbonyl (C=O) groups is 1. The van der Waals surface area contributed by atoms with Gasteiger partial charge in [0.05, 0.1) is 30.3 Å². The molecule has 0 saturated carbocycles. The predicted octanol–water partition coefficient (Wildman–Crippen LogP) is 1.91. The summed E-state index contributed by atoms with van der Waals surface area (Å²) >= 11 is 0. The van der Waals surface area contributed by atoms with E-state index >= 15 is 0 Å². The molecule has 6 nitrogen and oxygen atoms in total. The van der Waals surface area contributed by atoms with Crippen molar-refractivity contribution in [2.45, 2.75) is 45.4 Å². The Morgan fingerprint density at radius 2 is 2.21 bits per heavy atom. The van der Waals surface area contributed by atoms with Crippen LogP contribution in [0.1, 0.15) is 26.1 Å². The number of carbonyl (C=O) groups excluding carboxylic acids is 1. The number of aryl methyl sites for hydroxylation is 2. The molecule has 130 valence electrons. The number of hydrogen-bond donors (Lipinski definition) is 1. The van der Waals surface area contributed by atoms with Crippen molar-refractivity contribution in [2.75, 3.05) is 19.8 Å². The Labute approximate surface area is 142 Å². The fourth-order valence-corrected chi connectivity index (χ4v) is 3.18. The van der Waals surface area contributed by atoms with Gasteiger partial charge in [0.1, 0.15) is 11.9 Å². The molecule has 24 heavy (non-hydrogen) atoms. The maximum atomic E-state index is 12.3. The van der Waals surface area contributed by atoms with Crippen LogP contribution in [0.3, 0.4) is 0 Å². The summed E-state index contributed by atoms with van der Waals surface area (Å²) in [5.41, 5.74) is 2.06. The van der Waals surface area contributed by atoms with Gasteiger partial charge >= 0.3 is 0 Å². The standard InChI is InChI=1S/C18H25N3O3/c1-3-17-19-13-7-5-6-8-15(13)21(17)10-9-18(22)20-14-11-23-12-16(14)24-4-2/h5-8,14,16H,3-4,9-12H2,1-2H3,(H,20,22)/t14-,16-/m0/s1. The molecule has 2 atom stereocenters. The third-order valence-corrected chi connectivity index (χ3v) is 4.37. The number of rotatable bonds is 7. The lowest BCUT2D eigenvalue weighted by molar-refractivity contribution is -0.122. The highest BCUT2D eigenvalue weighted by molar-refractivity contribution is 5.78. The predicted molar refractivity (Wildman–Crippen MR) is 91.9 cm³/mol. The van der Waals surface area contributed by atoms with E-state index in [2.05, 4.69) is 27.9 Å². The van der Waals surface area contributed by atoms with Crippen LogP contribution in [0.25, 0.3) is 11.0 Å². The van der Waals surface area contributed by atoms with Gasteiger partial charge in [-0.15, -0.1) is 0 Å². The summed E-state index contributed by atoms with van der Waals surface area (Å²) in [5.74, 6) is 1.04. The van der Waals surface area contributed by atoms with E-state index in [9.17, 15) is 4.79 Å². The van der Waals surface area contributed by atoms with Gasteiger partial charge in [-0.25, -0.2) is 4.98 Å². The third kappa shape index (κ3) is 3.60. The largest absolute Gasteiger partial charge is 0.376 e. The van der Waals surface area contributed by atoms with Gasteiger partial charge in [-0.3, -0.25) is 4.79 Å². The summed E-state index contributed by atoms with van der Waals surface area (Å²) < 4.78 is 13.2. The Morgan fingerprint density at radius 1 is 1.38 bits per heavy atom. The number of fused-ring (bicyclic) bond motifs is 1.